The first-order chi connectivity index (χ1) is 7.15. The number of halogens is 10. The molecule has 1 saturated carbocycles. The molecule has 0 saturated heterocycles. The Labute approximate surface area is 86.0 Å². The summed E-state index contributed by atoms with van der Waals surface area (Å²) >= 11 is 0. The van der Waals surface area contributed by atoms with Crippen molar-refractivity contribution in [2.24, 2.45) is 0 Å². The Balaban J connectivity index is 3.56. The predicted octanol–water partition coefficient (Wildman–Crippen LogP) is 2.98. The molecule has 1 aliphatic rings. The van der Waals surface area contributed by atoms with Gasteiger partial charge in [-0.25, -0.2) is 4.39 Å². The van der Waals surface area contributed by atoms with Gasteiger partial charge in [0.1, 0.15) is 0 Å². The van der Waals surface area contributed by atoms with E-state index >= 15 is 0 Å². The van der Waals surface area contributed by atoms with Gasteiger partial charge in [-0.2, -0.15) is 44.6 Å². The fraction of sp³-hybridized carbons (Fsp3) is 1.00. The number of alkyl halides is 10. The maximum atomic E-state index is 12.4. The van der Waals surface area contributed by atoms with E-state index in [9.17, 15) is 49.0 Å². The molecule has 0 heterocycles. The minimum atomic E-state index is -7.03. The van der Waals surface area contributed by atoms with Crippen molar-refractivity contribution in [1.82, 2.24) is 0 Å². The van der Waals surface area contributed by atoms with Gasteiger partial charge in [0.15, 0.2) is 0 Å². The van der Waals surface area contributed by atoms with Gasteiger partial charge in [-0.05, 0) is 0 Å². The fourth-order valence-corrected chi connectivity index (χ4v) is 1.17. The lowest BCUT2D eigenvalue weighted by atomic mass is 9.80. The summed E-state index contributed by atoms with van der Waals surface area (Å²) in [5, 5.41) is 10.1. The first-order valence-corrected chi connectivity index (χ1v) is 3.70. The summed E-state index contributed by atoms with van der Waals surface area (Å²) in [7, 11) is 0. The lowest BCUT2D eigenvalue weighted by molar-refractivity contribution is -0.483. The molecule has 0 aromatic carbocycles. The molecule has 17 heavy (non-hydrogen) atoms. The molecular weight excluding hydrogens is 278 g/mol. The third-order valence-corrected chi connectivity index (χ3v) is 2.28. The third-order valence-electron chi connectivity index (χ3n) is 2.28. The van der Waals surface area contributed by atoms with E-state index in [1.165, 1.54) is 0 Å². The minimum absolute atomic E-state index is 5.32. The van der Waals surface area contributed by atoms with Crippen LogP contribution in [0.4, 0.5) is 43.9 Å². The smallest absolute Gasteiger partial charge is 0.234 e. The van der Waals surface area contributed by atoms with Crippen molar-refractivity contribution in [1.29, 1.82) is 0 Å². The van der Waals surface area contributed by atoms with Gasteiger partial charge in [0.25, 0.3) is 0 Å². The summed E-state index contributed by atoms with van der Waals surface area (Å²) in [6, 6.07) is 0. The lowest BCUT2D eigenvalue weighted by Gasteiger charge is -2.46. The zero-order valence-electron chi connectivity index (χ0n) is 7.27. The Morgan fingerprint density at radius 1 is 0.647 bits per heavy atom. The Bertz CT molecular complexity index is 304. The molecule has 1 nitrogen and oxygen atoms in total. The summed E-state index contributed by atoms with van der Waals surface area (Å²) in [6.45, 7) is 0. The molecule has 0 aliphatic heterocycles. The molecule has 0 N–H and O–H groups in total. The van der Waals surface area contributed by atoms with Crippen LogP contribution in [0.5, 0.6) is 0 Å². The second-order valence-corrected chi connectivity index (χ2v) is 3.35. The third kappa shape index (κ3) is 1.20. The van der Waals surface area contributed by atoms with Crippen LogP contribution in [0.25, 0.3) is 0 Å². The molecule has 2 unspecified atom stereocenters. The van der Waals surface area contributed by atoms with E-state index in [0.717, 1.165) is 0 Å². The zero-order valence-corrected chi connectivity index (χ0v) is 7.27. The highest BCUT2D eigenvalue weighted by atomic mass is 19.4. The summed E-state index contributed by atoms with van der Waals surface area (Å²) < 4.78 is 123. The van der Waals surface area contributed by atoms with E-state index < -0.39 is 35.7 Å². The molecule has 1 aliphatic carbocycles. The van der Waals surface area contributed by atoms with Crippen molar-refractivity contribution in [2.75, 3.05) is 0 Å². The van der Waals surface area contributed by atoms with Crippen LogP contribution < -0.4 is 0 Å². The van der Waals surface area contributed by atoms with Gasteiger partial charge in [-0.1, -0.05) is 0 Å². The molecule has 2 atom stereocenters. The summed E-state index contributed by atoms with van der Waals surface area (Å²) in [5.74, 6) is -33.7. The molecular formula is C6HF10O. The molecule has 0 aromatic heterocycles. The lowest BCUT2D eigenvalue weighted by Crippen LogP contribution is -2.79. The maximum Gasteiger partial charge on any atom is 0.384 e. The van der Waals surface area contributed by atoms with Crippen molar-refractivity contribution in [3.8, 4) is 0 Å². The van der Waals surface area contributed by atoms with Crippen LogP contribution in [0.2, 0.25) is 0 Å². The Kier molecular flexibility index (Phi) is 2.51. The molecule has 1 radical (unpaired) electrons. The molecule has 0 aromatic rings. The summed E-state index contributed by atoms with van der Waals surface area (Å²) in [5.41, 5.74) is 0. The molecule has 0 bridgehead atoms. The van der Waals surface area contributed by atoms with Gasteiger partial charge in [-0.15, -0.1) is 0 Å². The Hall–Kier alpha value is -0.740. The molecule has 0 amide bonds. The number of hydrogen-bond donors (Lipinski definition) is 0. The second kappa shape index (κ2) is 2.98. The minimum Gasteiger partial charge on any atom is -0.234 e. The highest BCUT2D eigenvalue weighted by Crippen LogP contribution is 2.64. The highest BCUT2D eigenvalue weighted by molar-refractivity contribution is 5.19. The average molecular weight is 279 g/mol. The number of hydrogen-bond acceptors (Lipinski definition) is 0. The summed E-state index contributed by atoms with van der Waals surface area (Å²) in [6.07, 6.45) is -5.32. The SMILES string of the molecule is [O]C1(F)C(F)C(F)(F)C(F)(F)C(F)(F)C1(F)F. The first-order valence-electron chi connectivity index (χ1n) is 3.70. The van der Waals surface area contributed by atoms with E-state index in [2.05, 4.69) is 0 Å². The van der Waals surface area contributed by atoms with Crippen LogP contribution >= 0.6 is 0 Å². The monoisotopic (exact) mass is 279 g/mol. The van der Waals surface area contributed by atoms with E-state index in [0.29, 0.717) is 0 Å². The predicted molar refractivity (Wildman–Crippen MR) is 29.2 cm³/mol. The van der Waals surface area contributed by atoms with E-state index in [-0.39, 0.29) is 0 Å². The van der Waals surface area contributed by atoms with Crippen molar-refractivity contribution < 1.29 is 49.0 Å². The molecule has 1 rings (SSSR count). The van der Waals surface area contributed by atoms with Crippen LogP contribution in [0, 0.1) is 0 Å². The largest absolute Gasteiger partial charge is 0.384 e. The van der Waals surface area contributed by atoms with Gasteiger partial charge in [0.2, 0.25) is 6.17 Å². The second-order valence-electron chi connectivity index (χ2n) is 3.35. The van der Waals surface area contributed by atoms with Crippen LogP contribution in [-0.4, -0.2) is 35.7 Å². The first kappa shape index (κ1) is 14.3. The van der Waals surface area contributed by atoms with Crippen LogP contribution in [-0.2, 0) is 5.11 Å². The van der Waals surface area contributed by atoms with Crippen molar-refractivity contribution in [3.05, 3.63) is 0 Å². The molecule has 11 heteroatoms. The zero-order chi connectivity index (χ0) is 14.1. The average Bonchev–Trinajstić information content (AvgIpc) is 2.13. The maximum absolute atomic E-state index is 12.4. The fourth-order valence-electron chi connectivity index (χ4n) is 1.17. The van der Waals surface area contributed by atoms with E-state index in [1.807, 2.05) is 0 Å². The van der Waals surface area contributed by atoms with E-state index in [4.69, 9.17) is 0 Å². The van der Waals surface area contributed by atoms with Crippen molar-refractivity contribution in [2.45, 2.75) is 35.7 Å². The molecule has 0 spiro atoms. The van der Waals surface area contributed by atoms with Crippen LogP contribution in [0.1, 0.15) is 0 Å². The van der Waals surface area contributed by atoms with Crippen molar-refractivity contribution in [3.63, 3.8) is 0 Å². The van der Waals surface area contributed by atoms with Crippen molar-refractivity contribution >= 4 is 0 Å². The quantitative estimate of drug-likeness (QED) is 0.607. The summed E-state index contributed by atoms with van der Waals surface area (Å²) in [4.78, 5) is 0. The topological polar surface area (TPSA) is 19.9 Å². The number of rotatable bonds is 0. The van der Waals surface area contributed by atoms with Gasteiger partial charge in [-0.3, -0.25) is 0 Å². The Morgan fingerprint density at radius 2 is 1.00 bits per heavy atom. The van der Waals surface area contributed by atoms with Gasteiger partial charge >= 0.3 is 29.5 Å². The van der Waals surface area contributed by atoms with Crippen LogP contribution in [0.3, 0.4) is 0 Å². The van der Waals surface area contributed by atoms with Gasteiger partial charge in [0.05, 0.1) is 0 Å². The van der Waals surface area contributed by atoms with Gasteiger partial charge < -0.3 is 0 Å². The highest BCUT2D eigenvalue weighted by Gasteiger charge is 2.96. The van der Waals surface area contributed by atoms with Gasteiger partial charge in [0, 0.05) is 0 Å². The Morgan fingerprint density at radius 3 is 1.35 bits per heavy atom. The standard InChI is InChI=1S/C6HF10O/c7-1-2(8,9)4(11,12)6(15,16)5(13,14)3(1,10)17/h1H. The van der Waals surface area contributed by atoms with E-state index in [1.54, 1.807) is 0 Å². The normalized spacial score (nSPS) is 42.2. The molecule has 101 valence electrons. The van der Waals surface area contributed by atoms with Crippen LogP contribution in [0.15, 0.2) is 0 Å². The molecule has 1 fully saturated rings.